The van der Waals surface area contributed by atoms with Gasteiger partial charge < -0.3 is 24.8 Å². The fourth-order valence-electron chi connectivity index (χ4n) is 3.03. The molecule has 1 atom stereocenters. The van der Waals surface area contributed by atoms with Crippen LogP contribution in [-0.2, 0) is 9.47 Å². The Balaban J connectivity index is 1.50. The van der Waals surface area contributed by atoms with Crippen LogP contribution in [0.4, 0.5) is 9.18 Å². The van der Waals surface area contributed by atoms with Crippen molar-refractivity contribution in [1.82, 2.24) is 10.2 Å². The molecule has 0 aromatic heterocycles. The highest BCUT2D eigenvalue weighted by Gasteiger charge is 2.28. The van der Waals surface area contributed by atoms with E-state index < -0.39 is 17.5 Å². The monoisotopic (exact) mass is 386 g/mol. The van der Waals surface area contributed by atoms with Crippen molar-refractivity contribution in [3.05, 3.63) is 28.5 Å². The third kappa shape index (κ3) is 4.37. The molecule has 3 rings (SSSR count). The molecule has 7 nitrogen and oxygen atoms in total. The van der Waals surface area contributed by atoms with Gasteiger partial charge in [-0.05, 0) is 25.0 Å². The Hall–Kier alpha value is -2.06. The lowest BCUT2D eigenvalue weighted by molar-refractivity contribution is 0.0479. The third-order valence-electron chi connectivity index (χ3n) is 4.52. The van der Waals surface area contributed by atoms with Crippen molar-refractivity contribution in [2.45, 2.75) is 31.4 Å². The Morgan fingerprint density at radius 3 is 2.69 bits per heavy atom. The lowest BCUT2D eigenvalue weighted by atomic mass is 10.0. The van der Waals surface area contributed by atoms with E-state index in [0.717, 1.165) is 12.1 Å². The maximum absolute atomic E-state index is 13.4. The standard InChI is InChI=1S/C17H20ClFN2O5/c18-14-8-10(19)7-13(15(14)22)16(23)20-11-1-4-21(5-2-11)17(24)26-12-3-6-25-9-12/h7-8,11-12,22H,1-6,9H2,(H,20,23). The third-order valence-corrected chi connectivity index (χ3v) is 4.80. The summed E-state index contributed by atoms with van der Waals surface area (Å²) in [5.41, 5.74) is -0.210. The summed E-state index contributed by atoms with van der Waals surface area (Å²) in [6, 6.07) is 1.68. The van der Waals surface area contributed by atoms with E-state index in [1.165, 1.54) is 0 Å². The molecule has 2 aliphatic heterocycles. The largest absolute Gasteiger partial charge is 0.506 e. The van der Waals surface area contributed by atoms with Crippen molar-refractivity contribution in [3.63, 3.8) is 0 Å². The zero-order chi connectivity index (χ0) is 18.7. The molecule has 2 fully saturated rings. The second-order valence-electron chi connectivity index (χ2n) is 6.39. The molecule has 2 saturated heterocycles. The van der Waals surface area contributed by atoms with Crippen molar-refractivity contribution in [3.8, 4) is 5.75 Å². The lowest BCUT2D eigenvalue weighted by Gasteiger charge is -2.32. The number of carbonyl (C=O) groups is 2. The van der Waals surface area contributed by atoms with E-state index >= 15 is 0 Å². The number of phenols is 1. The highest BCUT2D eigenvalue weighted by molar-refractivity contribution is 6.32. The van der Waals surface area contributed by atoms with Crippen molar-refractivity contribution >= 4 is 23.6 Å². The molecule has 142 valence electrons. The van der Waals surface area contributed by atoms with Gasteiger partial charge in [-0.3, -0.25) is 4.79 Å². The van der Waals surface area contributed by atoms with Gasteiger partial charge in [0.25, 0.3) is 5.91 Å². The minimum Gasteiger partial charge on any atom is -0.506 e. The smallest absolute Gasteiger partial charge is 0.410 e. The van der Waals surface area contributed by atoms with Gasteiger partial charge in [-0.1, -0.05) is 11.6 Å². The highest BCUT2D eigenvalue weighted by atomic mass is 35.5. The van der Waals surface area contributed by atoms with Crippen molar-refractivity contribution in [1.29, 1.82) is 0 Å². The van der Waals surface area contributed by atoms with E-state index in [2.05, 4.69) is 5.32 Å². The average molecular weight is 387 g/mol. The summed E-state index contributed by atoms with van der Waals surface area (Å²) >= 11 is 5.69. The molecular formula is C17H20ClFN2O5. The first-order valence-electron chi connectivity index (χ1n) is 8.46. The normalized spacial score (nSPS) is 20.8. The number of hydrogen-bond donors (Lipinski definition) is 2. The van der Waals surface area contributed by atoms with Crippen LogP contribution < -0.4 is 5.32 Å². The zero-order valence-corrected chi connectivity index (χ0v) is 14.8. The van der Waals surface area contributed by atoms with E-state index in [4.69, 9.17) is 21.1 Å². The number of hydrogen-bond acceptors (Lipinski definition) is 5. The fourth-order valence-corrected chi connectivity index (χ4v) is 3.24. The average Bonchev–Trinajstić information content (AvgIpc) is 3.11. The number of phenolic OH excluding ortho intramolecular Hbond substituents is 1. The van der Waals surface area contributed by atoms with Crippen LogP contribution >= 0.6 is 11.6 Å². The molecule has 0 bridgehead atoms. The van der Waals surface area contributed by atoms with E-state index in [1.54, 1.807) is 4.90 Å². The number of benzene rings is 1. The van der Waals surface area contributed by atoms with Crippen LogP contribution in [-0.4, -0.2) is 60.5 Å². The van der Waals surface area contributed by atoms with E-state index in [-0.39, 0.29) is 28.8 Å². The molecule has 26 heavy (non-hydrogen) atoms. The molecule has 1 aromatic carbocycles. The lowest BCUT2D eigenvalue weighted by Crippen LogP contribution is -2.47. The SMILES string of the molecule is O=C(NC1CCN(C(=O)OC2CCOC2)CC1)c1cc(F)cc(Cl)c1O. The van der Waals surface area contributed by atoms with Crippen LogP contribution in [0.2, 0.25) is 5.02 Å². The van der Waals surface area contributed by atoms with Crippen LogP contribution in [0.15, 0.2) is 12.1 Å². The summed E-state index contributed by atoms with van der Waals surface area (Å²) in [5, 5.41) is 12.4. The van der Waals surface area contributed by atoms with Crippen LogP contribution in [0.1, 0.15) is 29.6 Å². The Morgan fingerprint density at radius 2 is 2.04 bits per heavy atom. The van der Waals surface area contributed by atoms with Gasteiger partial charge in [0.1, 0.15) is 17.7 Å². The Morgan fingerprint density at radius 1 is 1.31 bits per heavy atom. The summed E-state index contributed by atoms with van der Waals surface area (Å²) in [7, 11) is 0. The Bertz CT molecular complexity index is 688. The number of nitrogens with zero attached hydrogens (tertiary/aromatic N) is 1. The molecule has 1 aromatic rings. The molecule has 2 aliphatic rings. The van der Waals surface area contributed by atoms with Crippen LogP contribution in [0, 0.1) is 5.82 Å². The first-order valence-corrected chi connectivity index (χ1v) is 8.84. The topological polar surface area (TPSA) is 88.1 Å². The van der Waals surface area contributed by atoms with E-state index in [1.807, 2.05) is 0 Å². The summed E-state index contributed by atoms with van der Waals surface area (Å²) < 4.78 is 24.0. The minimum atomic E-state index is -0.702. The Labute approximate surface area is 155 Å². The molecule has 2 heterocycles. The molecule has 0 aliphatic carbocycles. The molecule has 9 heteroatoms. The molecule has 0 saturated carbocycles. The van der Waals surface area contributed by atoms with E-state index in [0.29, 0.717) is 45.6 Å². The summed E-state index contributed by atoms with van der Waals surface area (Å²) in [4.78, 5) is 26.0. The Kier molecular flexibility index (Phi) is 5.83. The minimum absolute atomic E-state index is 0.192. The van der Waals surface area contributed by atoms with Gasteiger partial charge in [-0.25, -0.2) is 9.18 Å². The highest BCUT2D eigenvalue weighted by Crippen LogP contribution is 2.28. The van der Waals surface area contributed by atoms with Crippen molar-refractivity contribution < 1.29 is 28.6 Å². The van der Waals surface area contributed by atoms with E-state index in [9.17, 15) is 19.1 Å². The van der Waals surface area contributed by atoms with Crippen LogP contribution in [0.3, 0.4) is 0 Å². The number of piperidine rings is 1. The molecule has 2 N–H and O–H groups in total. The molecule has 0 radical (unpaired) electrons. The maximum atomic E-state index is 13.4. The number of rotatable bonds is 3. The number of aromatic hydroxyl groups is 1. The fraction of sp³-hybridized carbons (Fsp3) is 0.529. The van der Waals surface area contributed by atoms with Crippen LogP contribution in [0.5, 0.6) is 5.75 Å². The van der Waals surface area contributed by atoms with Crippen molar-refractivity contribution in [2.75, 3.05) is 26.3 Å². The first kappa shape index (κ1) is 18.7. The quantitative estimate of drug-likeness (QED) is 0.832. The number of likely N-dealkylation sites (tertiary alicyclic amines) is 1. The number of carbonyl (C=O) groups excluding carboxylic acids is 2. The number of halogens is 2. The van der Waals surface area contributed by atoms with Gasteiger partial charge in [-0.2, -0.15) is 0 Å². The van der Waals surface area contributed by atoms with Gasteiger partial charge in [0.15, 0.2) is 0 Å². The summed E-state index contributed by atoms with van der Waals surface area (Å²) in [5.74, 6) is -1.76. The summed E-state index contributed by atoms with van der Waals surface area (Å²) in [6.45, 7) is 1.90. The number of amides is 2. The van der Waals surface area contributed by atoms with Gasteiger partial charge in [0.05, 0.1) is 23.8 Å². The predicted octanol–water partition coefficient (Wildman–Crippen LogP) is 2.30. The second-order valence-corrected chi connectivity index (χ2v) is 6.80. The molecule has 0 spiro atoms. The molecule has 2 amide bonds. The van der Waals surface area contributed by atoms with Gasteiger partial charge in [0.2, 0.25) is 0 Å². The molecule has 1 unspecified atom stereocenters. The zero-order valence-electron chi connectivity index (χ0n) is 14.0. The summed E-state index contributed by atoms with van der Waals surface area (Å²) in [6.07, 6.45) is 1.20. The predicted molar refractivity (Wildman–Crippen MR) is 90.8 cm³/mol. The molecular weight excluding hydrogens is 367 g/mol. The second kappa shape index (κ2) is 8.09. The number of nitrogens with one attached hydrogen (secondary N) is 1. The van der Waals surface area contributed by atoms with Crippen LogP contribution in [0.25, 0.3) is 0 Å². The van der Waals surface area contributed by atoms with Gasteiger partial charge in [0, 0.05) is 25.6 Å². The van der Waals surface area contributed by atoms with Gasteiger partial charge in [-0.15, -0.1) is 0 Å². The van der Waals surface area contributed by atoms with Gasteiger partial charge >= 0.3 is 6.09 Å². The van der Waals surface area contributed by atoms with Crippen molar-refractivity contribution in [2.24, 2.45) is 0 Å². The first-order chi connectivity index (χ1) is 12.4. The maximum Gasteiger partial charge on any atom is 0.410 e. The number of ether oxygens (including phenoxy) is 2.